The number of ether oxygens (including phenoxy) is 2. The van der Waals surface area contributed by atoms with Crippen LogP contribution in [-0.2, 0) is 14.3 Å². The Balaban J connectivity index is 1.07. The Kier molecular flexibility index (Phi) is 9.20. The van der Waals surface area contributed by atoms with Crippen molar-refractivity contribution in [2.45, 2.75) is 57.3 Å². The Hall–Kier alpha value is -5.00. The van der Waals surface area contributed by atoms with E-state index >= 15 is 0 Å². The first-order valence-corrected chi connectivity index (χ1v) is 17.0. The maximum absolute atomic E-state index is 13.7. The van der Waals surface area contributed by atoms with E-state index in [1.807, 2.05) is 20.0 Å². The molecule has 2 aromatic heterocycles. The van der Waals surface area contributed by atoms with Crippen molar-refractivity contribution in [3.05, 3.63) is 84.7 Å². The van der Waals surface area contributed by atoms with Crippen LogP contribution in [0.15, 0.2) is 73.1 Å². The molecule has 2 saturated heterocycles. The van der Waals surface area contributed by atoms with E-state index in [0.717, 1.165) is 52.4 Å². The highest BCUT2D eigenvalue weighted by Crippen LogP contribution is 2.35. The maximum Gasteiger partial charge on any atom is 0.407 e. The molecule has 49 heavy (non-hydrogen) atoms. The lowest BCUT2D eigenvalue weighted by atomic mass is 9.98. The van der Waals surface area contributed by atoms with Gasteiger partial charge in [0, 0.05) is 25.6 Å². The molecule has 0 spiro atoms. The summed E-state index contributed by atoms with van der Waals surface area (Å²) < 4.78 is 10.4. The minimum absolute atomic E-state index is 0.131. The minimum atomic E-state index is -0.728. The Morgan fingerprint density at radius 2 is 1.49 bits per heavy atom. The number of alkyl carbamates (subject to hydrolysis) is 1. The van der Waals surface area contributed by atoms with E-state index < -0.39 is 12.1 Å². The molecule has 2 fully saturated rings. The quantitative estimate of drug-likeness (QED) is 0.144. The summed E-state index contributed by atoms with van der Waals surface area (Å²) in [5, 5.41) is 8.55. The Bertz CT molecular complexity index is 1940. The molecule has 254 valence electrons. The van der Waals surface area contributed by atoms with Crippen LogP contribution in [0.5, 0.6) is 0 Å². The zero-order chi connectivity index (χ0) is 34.1. The first-order valence-electron chi connectivity index (χ1n) is 17.0. The fraction of sp³-hybridized carbons (Fsp3) is 0.368. The number of carbonyl (C=O) groups is 2. The number of imidazole rings is 2. The molecule has 2 aliphatic heterocycles. The van der Waals surface area contributed by atoms with Crippen LogP contribution in [-0.4, -0.2) is 76.3 Å². The van der Waals surface area contributed by atoms with Crippen molar-refractivity contribution >= 4 is 22.8 Å². The summed E-state index contributed by atoms with van der Waals surface area (Å²) in [5.41, 5.74) is 6.27. The Labute approximate surface area is 285 Å². The molecule has 0 aliphatic carbocycles. The van der Waals surface area contributed by atoms with E-state index in [-0.39, 0.29) is 24.0 Å². The van der Waals surface area contributed by atoms with Crippen LogP contribution in [0.25, 0.3) is 44.4 Å². The summed E-state index contributed by atoms with van der Waals surface area (Å²) in [6, 6.07) is 20.8. The number of hydrogen-bond acceptors (Lipinski definition) is 7. The molecular formula is C38H43N7O4. The highest BCUT2D eigenvalue weighted by molar-refractivity contribution is 5.90. The molecule has 2 aliphatic rings. The van der Waals surface area contributed by atoms with Gasteiger partial charge in [-0.05, 0) is 64.9 Å². The van der Waals surface area contributed by atoms with Crippen molar-refractivity contribution in [3.8, 4) is 33.6 Å². The van der Waals surface area contributed by atoms with Gasteiger partial charge < -0.3 is 35.0 Å². The normalized spacial score (nSPS) is 19.9. The monoisotopic (exact) mass is 661 g/mol. The number of aromatic nitrogens is 4. The van der Waals surface area contributed by atoms with Crippen molar-refractivity contribution in [2.75, 3.05) is 27.3 Å². The lowest BCUT2D eigenvalue weighted by molar-refractivity contribution is -0.135. The summed E-state index contributed by atoms with van der Waals surface area (Å²) in [6.45, 7) is 5.24. The number of likely N-dealkylation sites (tertiary alicyclic amines) is 1. The van der Waals surface area contributed by atoms with Gasteiger partial charge in [-0.15, -0.1) is 0 Å². The second kappa shape index (κ2) is 13.9. The van der Waals surface area contributed by atoms with Crippen molar-refractivity contribution < 1.29 is 19.1 Å². The van der Waals surface area contributed by atoms with Gasteiger partial charge in [0.1, 0.15) is 17.7 Å². The van der Waals surface area contributed by atoms with Crippen molar-refractivity contribution in [1.29, 1.82) is 0 Å². The molecule has 2 amide bonds. The van der Waals surface area contributed by atoms with Crippen LogP contribution in [0.4, 0.5) is 4.79 Å². The molecule has 4 unspecified atom stereocenters. The molecular weight excluding hydrogens is 618 g/mol. The number of fused-ring (bicyclic) bond motifs is 1. The molecule has 4 N–H and O–H groups in total. The number of aromatic amines is 2. The van der Waals surface area contributed by atoms with Crippen molar-refractivity contribution in [3.63, 3.8) is 0 Å². The van der Waals surface area contributed by atoms with Crippen LogP contribution in [0.3, 0.4) is 0 Å². The fourth-order valence-electron chi connectivity index (χ4n) is 7.02. The lowest BCUT2D eigenvalue weighted by Crippen LogP contribution is -2.51. The third kappa shape index (κ3) is 6.68. The zero-order valence-corrected chi connectivity index (χ0v) is 28.3. The maximum atomic E-state index is 13.7. The third-order valence-corrected chi connectivity index (χ3v) is 9.85. The fourth-order valence-corrected chi connectivity index (χ4v) is 7.02. The SMILES string of the molecule is COC(=O)NC(C(=O)N1CC(OC)CC1c1ncc(-c2ccc(-c3ccc4cc(-c5cnc(C6CCCN6)[nH]5)ccc4c3)cc2)[nH]1)C(C)C. The van der Waals surface area contributed by atoms with Gasteiger partial charge in [-0.2, -0.15) is 0 Å². The summed E-state index contributed by atoms with van der Waals surface area (Å²) >= 11 is 0. The summed E-state index contributed by atoms with van der Waals surface area (Å²) in [4.78, 5) is 43.7. The molecule has 3 aromatic carbocycles. The third-order valence-electron chi connectivity index (χ3n) is 9.85. The van der Waals surface area contributed by atoms with Gasteiger partial charge in [-0.25, -0.2) is 14.8 Å². The molecule has 11 nitrogen and oxygen atoms in total. The number of benzene rings is 3. The predicted octanol–water partition coefficient (Wildman–Crippen LogP) is 6.38. The van der Waals surface area contributed by atoms with E-state index in [1.165, 1.54) is 24.3 Å². The minimum Gasteiger partial charge on any atom is -0.453 e. The molecule has 0 saturated carbocycles. The zero-order valence-electron chi connectivity index (χ0n) is 28.3. The average molecular weight is 662 g/mol. The number of carbonyl (C=O) groups excluding carboxylic acids is 2. The number of hydrogen-bond donors (Lipinski definition) is 4. The molecule has 0 bridgehead atoms. The molecule has 0 radical (unpaired) electrons. The summed E-state index contributed by atoms with van der Waals surface area (Å²) in [6.07, 6.45) is 5.86. The van der Waals surface area contributed by atoms with Gasteiger partial charge >= 0.3 is 6.09 Å². The lowest BCUT2D eigenvalue weighted by Gasteiger charge is -2.29. The molecule has 5 aromatic rings. The van der Waals surface area contributed by atoms with Gasteiger partial charge in [0.05, 0.1) is 49.1 Å². The molecule has 4 atom stereocenters. The molecule has 11 heteroatoms. The van der Waals surface area contributed by atoms with Crippen LogP contribution < -0.4 is 10.6 Å². The highest BCUT2D eigenvalue weighted by Gasteiger charge is 2.41. The van der Waals surface area contributed by atoms with E-state index in [2.05, 4.69) is 86.2 Å². The summed E-state index contributed by atoms with van der Waals surface area (Å²) in [7, 11) is 2.94. The van der Waals surface area contributed by atoms with Gasteiger partial charge in [0.25, 0.3) is 0 Å². The number of amides is 2. The second-order valence-corrected chi connectivity index (χ2v) is 13.3. The van der Waals surface area contributed by atoms with Crippen molar-refractivity contribution in [1.82, 2.24) is 35.5 Å². The number of methoxy groups -OCH3 is 2. The van der Waals surface area contributed by atoms with Gasteiger partial charge in [0.15, 0.2) is 0 Å². The predicted molar refractivity (Wildman–Crippen MR) is 189 cm³/mol. The van der Waals surface area contributed by atoms with Crippen LogP contribution in [0.2, 0.25) is 0 Å². The summed E-state index contributed by atoms with van der Waals surface area (Å²) in [5.74, 6) is 1.38. The van der Waals surface area contributed by atoms with E-state index in [9.17, 15) is 9.59 Å². The Morgan fingerprint density at radius 3 is 2.16 bits per heavy atom. The highest BCUT2D eigenvalue weighted by atomic mass is 16.5. The Morgan fingerprint density at radius 1 is 0.857 bits per heavy atom. The molecule has 4 heterocycles. The smallest absolute Gasteiger partial charge is 0.407 e. The number of nitrogens with one attached hydrogen (secondary N) is 4. The van der Waals surface area contributed by atoms with E-state index in [0.29, 0.717) is 24.8 Å². The average Bonchev–Trinajstić information content (AvgIpc) is 3.96. The van der Waals surface area contributed by atoms with Crippen LogP contribution in [0, 0.1) is 5.92 Å². The van der Waals surface area contributed by atoms with E-state index in [4.69, 9.17) is 14.5 Å². The number of rotatable bonds is 9. The van der Waals surface area contributed by atoms with Crippen LogP contribution in [0.1, 0.15) is 56.8 Å². The molecule has 7 rings (SSSR count). The second-order valence-electron chi connectivity index (χ2n) is 13.3. The van der Waals surface area contributed by atoms with Crippen LogP contribution >= 0.6 is 0 Å². The first-order chi connectivity index (χ1) is 23.8. The van der Waals surface area contributed by atoms with Gasteiger partial charge in [-0.1, -0.05) is 62.4 Å². The number of H-pyrrole nitrogens is 2. The largest absolute Gasteiger partial charge is 0.453 e. The van der Waals surface area contributed by atoms with Gasteiger partial charge in [-0.3, -0.25) is 4.79 Å². The standard InChI is InChI=1S/C38H43N7O4/c1-22(2)34(44-38(47)49-4)37(46)45-21-29(48-3)18-33(45)36-41-19-31(43-36)24-9-7-23(8-10-24)25-11-12-27-17-28(14-13-26(27)16-25)32-20-40-35(42-32)30-6-5-15-39-30/h7-14,16-17,19-20,22,29-30,33-34,39H,5-6,15,18,21H2,1-4H3,(H,40,42)(H,41,43)(H,44,47). The van der Waals surface area contributed by atoms with Gasteiger partial charge in [0.2, 0.25) is 5.91 Å². The topological polar surface area (TPSA) is 137 Å². The van der Waals surface area contributed by atoms with E-state index in [1.54, 1.807) is 18.2 Å². The number of nitrogens with zero attached hydrogens (tertiary/aromatic N) is 3. The first kappa shape index (κ1) is 32.5. The van der Waals surface area contributed by atoms with Crippen molar-refractivity contribution in [2.24, 2.45) is 5.92 Å².